The molecule has 0 aliphatic carbocycles. The van der Waals surface area contributed by atoms with Gasteiger partial charge in [-0.2, -0.15) is 0 Å². The molecule has 0 aromatic heterocycles. The number of carbonyl (C=O) groups is 1. The van der Waals surface area contributed by atoms with E-state index in [-0.39, 0.29) is 10.8 Å². The first-order chi connectivity index (χ1) is 9.21. The summed E-state index contributed by atoms with van der Waals surface area (Å²) in [6, 6.07) is 5.67. The van der Waals surface area contributed by atoms with E-state index in [9.17, 15) is 13.2 Å². The normalized spacial score (nSPS) is 13.1. The highest BCUT2D eigenvalue weighted by atomic mass is 32.2. The average molecular weight is 299 g/mol. The SMILES string of the molecule is CC(C)CNC(=O)C(C)Nc1ccccc1S(N)(=O)=O. The summed E-state index contributed by atoms with van der Waals surface area (Å²) in [5.41, 5.74) is 0.321. The lowest BCUT2D eigenvalue weighted by Crippen LogP contribution is -2.39. The van der Waals surface area contributed by atoms with E-state index in [2.05, 4.69) is 10.6 Å². The van der Waals surface area contributed by atoms with Gasteiger partial charge in [-0.3, -0.25) is 4.79 Å². The zero-order valence-electron chi connectivity index (χ0n) is 11.9. The maximum Gasteiger partial charge on any atom is 0.242 e. The van der Waals surface area contributed by atoms with E-state index in [1.807, 2.05) is 13.8 Å². The van der Waals surface area contributed by atoms with Crippen LogP contribution in [0, 0.1) is 5.92 Å². The van der Waals surface area contributed by atoms with Crippen LogP contribution in [0.25, 0.3) is 0 Å². The Balaban J connectivity index is 2.81. The van der Waals surface area contributed by atoms with Gasteiger partial charge in [0.05, 0.1) is 5.69 Å². The van der Waals surface area contributed by atoms with Crippen molar-refractivity contribution < 1.29 is 13.2 Å². The molecule has 1 unspecified atom stereocenters. The largest absolute Gasteiger partial charge is 0.373 e. The second-order valence-electron chi connectivity index (χ2n) is 5.05. The van der Waals surface area contributed by atoms with Gasteiger partial charge in [-0.25, -0.2) is 13.6 Å². The Morgan fingerprint density at radius 2 is 1.85 bits per heavy atom. The molecule has 0 bridgehead atoms. The quantitative estimate of drug-likeness (QED) is 0.726. The summed E-state index contributed by atoms with van der Waals surface area (Å²) in [6.07, 6.45) is 0. The van der Waals surface area contributed by atoms with Crippen molar-refractivity contribution in [3.63, 3.8) is 0 Å². The highest BCUT2D eigenvalue weighted by molar-refractivity contribution is 7.89. The highest BCUT2D eigenvalue weighted by Gasteiger charge is 2.18. The average Bonchev–Trinajstić information content (AvgIpc) is 2.35. The zero-order valence-corrected chi connectivity index (χ0v) is 12.7. The predicted octanol–water partition coefficient (Wildman–Crippen LogP) is 0.907. The smallest absolute Gasteiger partial charge is 0.242 e. The summed E-state index contributed by atoms with van der Waals surface area (Å²) in [5.74, 6) is 0.158. The van der Waals surface area contributed by atoms with Crippen molar-refractivity contribution in [2.45, 2.75) is 31.7 Å². The van der Waals surface area contributed by atoms with E-state index >= 15 is 0 Å². The van der Waals surface area contributed by atoms with E-state index in [0.717, 1.165) is 0 Å². The molecule has 0 heterocycles. The third-order valence-corrected chi connectivity index (χ3v) is 3.61. The predicted molar refractivity (Wildman–Crippen MR) is 78.7 cm³/mol. The molecule has 0 radical (unpaired) electrons. The number of nitrogens with one attached hydrogen (secondary N) is 2. The van der Waals surface area contributed by atoms with Gasteiger partial charge in [-0.1, -0.05) is 26.0 Å². The molecular formula is C13H21N3O3S. The van der Waals surface area contributed by atoms with Crippen molar-refractivity contribution in [2.24, 2.45) is 11.1 Å². The Morgan fingerprint density at radius 3 is 2.40 bits per heavy atom. The number of anilines is 1. The molecule has 0 aliphatic rings. The minimum Gasteiger partial charge on any atom is -0.373 e. The number of sulfonamides is 1. The Labute approximate surface area is 119 Å². The van der Waals surface area contributed by atoms with Gasteiger partial charge in [0.2, 0.25) is 15.9 Å². The summed E-state index contributed by atoms with van der Waals surface area (Å²) in [7, 11) is -3.82. The molecule has 1 aromatic carbocycles. The number of rotatable bonds is 6. The minimum absolute atomic E-state index is 0.0245. The van der Waals surface area contributed by atoms with Gasteiger partial charge in [-0.15, -0.1) is 0 Å². The van der Waals surface area contributed by atoms with Gasteiger partial charge >= 0.3 is 0 Å². The van der Waals surface area contributed by atoms with Gasteiger partial charge < -0.3 is 10.6 Å². The fourth-order valence-electron chi connectivity index (χ4n) is 1.59. The van der Waals surface area contributed by atoms with Crippen molar-refractivity contribution in [1.29, 1.82) is 0 Å². The van der Waals surface area contributed by atoms with Gasteiger partial charge in [-0.05, 0) is 25.0 Å². The van der Waals surface area contributed by atoms with E-state index in [4.69, 9.17) is 5.14 Å². The molecule has 7 heteroatoms. The fraction of sp³-hybridized carbons (Fsp3) is 0.462. The van der Waals surface area contributed by atoms with Crippen LogP contribution in [-0.4, -0.2) is 26.9 Å². The van der Waals surface area contributed by atoms with Gasteiger partial charge in [0.1, 0.15) is 10.9 Å². The molecule has 112 valence electrons. The van der Waals surface area contributed by atoms with Crippen LogP contribution in [0.15, 0.2) is 29.2 Å². The highest BCUT2D eigenvalue weighted by Crippen LogP contribution is 2.20. The van der Waals surface area contributed by atoms with Crippen molar-refractivity contribution in [2.75, 3.05) is 11.9 Å². The van der Waals surface area contributed by atoms with Gasteiger partial charge in [0.25, 0.3) is 0 Å². The number of hydrogen-bond acceptors (Lipinski definition) is 4. The lowest BCUT2D eigenvalue weighted by molar-refractivity contribution is -0.121. The summed E-state index contributed by atoms with van der Waals surface area (Å²) in [4.78, 5) is 11.8. The molecule has 4 N–H and O–H groups in total. The third kappa shape index (κ3) is 4.82. The summed E-state index contributed by atoms with van der Waals surface area (Å²) < 4.78 is 22.9. The first-order valence-electron chi connectivity index (χ1n) is 6.38. The molecule has 6 nitrogen and oxygen atoms in total. The summed E-state index contributed by atoms with van der Waals surface area (Å²) in [6.45, 7) is 6.22. The number of carbonyl (C=O) groups excluding carboxylic acids is 1. The molecule has 1 rings (SSSR count). The molecule has 0 aliphatic heterocycles. The van der Waals surface area contributed by atoms with E-state index in [1.165, 1.54) is 6.07 Å². The zero-order chi connectivity index (χ0) is 15.3. The van der Waals surface area contributed by atoms with Gasteiger partial charge in [0, 0.05) is 6.54 Å². The van der Waals surface area contributed by atoms with Crippen LogP contribution in [0.1, 0.15) is 20.8 Å². The van der Waals surface area contributed by atoms with Crippen molar-refractivity contribution >= 4 is 21.6 Å². The van der Waals surface area contributed by atoms with Gasteiger partial charge in [0.15, 0.2) is 0 Å². The number of amides is 1. The first kappa shape index (κ1) is 16.5. The Bertz CT molecular complexity index is 570. The molecule has 0 fully saturated rings. The van der Waals surface area contributed by atoms with E-state index in [0.29, 0.717) is 18.2 Å². The minimum atomic E-state index is -3.82. The summed E-state index contributed by atoms with van der Waals surface area (Å²) in [5, 5.41) is 10.8. The third-order valence-electron chi connectivity index (χ3n) is 2.64. The number of nitrogens with two attached hydrogens (primary N) is 1. The second-order valence-corrected chi connectivity index (χ2v) is 6.58. The van der Waals surface area contributed by atoms with Crippen molar-refractivity contribution in [1.82, 2.24) is 5.32 Å². The Hall–Kier alpha value is -1.60. The molecule has 0 saturated heterocycles. The number of primary sulfonamides is 1. The summed E-state index contributed by atoms with van der Waals surface area (Å²) >= 11 is 0. The number of benzene rings is 1. The van der Waals surface area contributed by atoms with Crippen LogP contribution in [0.4, 0.5) is 5.69 Å². The second kappa shape index (κ2) is 6.71. The standard InChI is InChI=1S/C13H21N3O3S/c1-9(2)8-15-13(17)10(3)16-11-6-4-5-7-12(11)20(14,18)19/h4-7,9-10,16H,8H2,1-3H3,(H,15,17)(H2,14,18,19). The Morgan fingerprint density at radius 1 is 1.25 bits per heavy atom. The van der Waals surface area contributed by atoms with Crippen LogP contribution >= 0.6 is 0 Å². The van der Waals surface area contributed by atoms with Crippen LogP contribution in [0.3, 0.4) is 0 Å². The Kier molecular flexibility index (Phi) is 5.52. The maximum absolute atomic E-state index is 11.9. The molecule has 1 atom stereocenters. The van der Waals surface area contributed by atoms with Crippen LogP contribution in [0.5, 0.6) is 0 Å². The molecule has 1 amide bonds. The van der Waals surface area contributed by atoms with Crippen molar-refractivity contribution in [3.05, 3.63) is 24.3 Å². The van der Waals surface area contributed by atoms with Crippen molar-refractivity contribution in [3.8, 4) is 0 Å². The molecule has 1 aromatic rings. The molecule has 0 spiro atoms. The molecule has 0 saturated carbocycles. The molecule has 20 heavy (non-hydrogen) atoms. The van der Waals surface area contributed by atoms with E-state index in [1.54, 1.807) is 25.1 Å². The first-order valence-corrected chi connectivity index (χ1v) is 7.92. The topological polar surface area (TPSA) is 101 Å². The number of hydrogen-bond donors (Lipinski definition) is 3. The fourth-order valence-corrected chi connectivity index (χ4v) is 2.29. The molecular weight excluding hydrogens is 278 g/mol. The lowest BCUT2D eigenvalue weighted by atomic mass is 10.2. The monoisotopic (exact) mass is 299 g/mol. The lowest BCUT2D eigenvalue weighted by Gasteiger charge is -2.17. The van der Waals surface area contributed by atoms with Crippen LogP contribution in [0.2, 0.25) is 0 Å². The maximum atomic E-state index is 11.9. The van der Waals surface area contributed by atoms with Crippen LogP contribution in [-0.2, 0) is 14.8 Å². The van der Waals surface area contributed by atoms with E-state index < -0.39 is 16.1 Å². The van der Waals surface area contributed by atoms with Crippen LogP contribution < -0.4 is 15.8 Å². The number of para-hydroxylation sites is 1.